The number of rotatable bonds is 4. The number of carbonyl (C=O) groups is 1. The molecule has 0 saturated carbocycles. The second-order valence-electron chi connectivity index (χ2n) is 4.90. The molecule has 1 N–H and O–H groups in total. The highest BCUT2D eigenvalue weighted by atomic mass is 19.1. The number of aromatic nitrogens is 3. The van der Waals surface area contributed by atoms with Crippen LogP contribution in [0.5, 0.6) is 0 Å². The number of benzene rings is 1. The number of nitrogens with one attached hydrogen (secondary N) is 1. The van der Waals surface area contributed by atoms with E-state index in [1.54, 1.807) is 18.2 Å². The molecule has 1 aromatic carbocycles. The van der Waals surface area contributed by atoms with Crippen molar-refractivity contribution in [3.05, 3.63) is 65.4 Å². The van der Waals surface area contributed by atoms with Crippen molar-refractivity contribution in [1.82, 2.24) is 20.4 Å². The van der Waals surface area contributed by atoms with Gasteiger partial charge in [0.25, 0.3) is 17.6 Å². The van der Waals surface area contributed by atoms with Gasteiger partial charge >= 0.3 is 0 Å². The van der Waals surface area contributed by atoms with E-state index in [0.29, 0.717) is 5.69 Å². The molecule has 0 aliphatic carbocycles. The molecule has 23 heavy (non-hydrogen) atoms. The van der Waals surface area contributed by atoms with Crippen molar-refractivity contribution in [2.45, 2.75) is 13.5 Å². The molecule has 6 nitrogen and oxygen atoms in total. The Bertz CT molecular complexity index is 830. The summed E-state index contributed by atoms with van der Waals surface area (Å²) in [6.07, 6.45) is 0. The van der Waals surface area contributed by atoms with Crippen molar-refractivity contribution >= 4 is 5.91 Å². The number of hydrogen-bond acceptors (Lipinski definition) is 5. The summed E-state index contributed by atoms with van der Waals surface area (Å²) in [4.78, 5) is 20.3. The Morgan fingerprint density at radius 1 is 1.17 bits per heavy atom. The summed E-state index contributed by atoms with van der Waals surface area (Å²) in [7, 11) is 0. The van der Waals surface area contributed by atoms with Crippen LogP contribution in [0.1, 0.15) is 21.9 Å². The first kappa shape index (κ1) is 14.8. The van der Waals surface area contributed by atoms with Crippen LogP contribution >= 0.6 is 0 Å². The molecule has 1 amide bonds. The third-order valence-electron chi connectivity index (χ3n) is 3.10. The molecule has 3 aromatic rings. The number of amides is 1. The van der Waals surface area contributed by atoms with Crippen LogP contribution < -0.4 is 5.32 Å². The highest BCUT2D eigenvalue weighted by molar-refractivity contribution is 5.90. The number of carbonyl (C=O) groups excluding carboxylic acids is 1. The van der Waals surface area contributed by atoms with Crippen LogP contribution in [0.3, 0.4) is 0 Å². The van der Waals surface area contributed by atoms with Gasteiger partial charge in [-0.3, -0.25) is 4.79 Å². The fourth-order valence-corrected chi connectivity index (χ4v) is 1.95. The van der Waals surface area contributed by atoms with Gasteiger partial charge in [-0.15, -0.1) is 0 Å². The van der Waals surface area contributed by atoms with E-state index in [-0.39, 0.29) is 24.1 Å². The predicted octanol–water partition coefficient (Wildman–Crippen LogP) is 2.51. The Morgan fingerprint density at radius 3 is 2.70 bits per heavy atom. The van der Waals surface area contributed by atoms with Crippen molar-refractivity contribution in [2.75, 3.05) is 0 Å². The van der Waals surface area contributed by atoms with Crippen LogP contribution in [0.15, 0.2) is 47.0 Å². The molecule has 0 radical (unpaired) electrons. The molecule has 0 aliphatic rings. The SMILES string of the molecule is Cc1cccc(-c2nc(C(=O)NCc3ccc(F)cc3)no2)n1. The Hall–Kier alpha value is -3.09. The Balaban J connectivity index is 1.67. The van der Waals surface area contributed by atoms with Crippen molar-refractivity contribution < 1.29 is 13.7 Å². The average molecular weight is 312 g/mol. The lowest BCUT2D eigenvalue weighted by Crippen LogP contribution is -2.23. The van der Waals surface area contributed by atoms with E-state index in [1.807, 2.05) is 19.1 Å². The van der Waals surface area contributed by atoms with Gasteiger partial charge in [0.2, 0.25) is 0 Å². The minimum atomic E-state index is -0.475. The lowest BCUT2D eigenvalue weighted by molar-refractivity contribution is 0.0937. The molecule has 3 rings (SSSR count). The summed E-state index contributed by atoms with van der Waals surface area (Å²) in [5.74, 6) is -0.698. The van der Waals surface area contributed by atoms with Gasteiger partial charge in [-0.2, -0.15) is 4.98 Å². The molecule has 0 bridgehead atoms. The zero-order valence-corrected chi connectivity index (χ0v) is 12.3. The number of pyridine rings is 1. The van der Waals surface area contributed by atoms with Crippen LogP contribution in [0.4, 0.5) is 4.39 Å². The van der Waals surface area contributed by atoms with Crippen LogP contribution in [0.25, 0.3) is 11.6 Å². The van der Waals surface area contributed by atoms with Gasteiger partial charge in [0.05, 0.1) is 0 Å². The summed E-state index contributed by atoms with van der Waals surface area (Å²) in [5, 5.41) is 6.29. The molecule has 0 aliphatic heterocycles. The molecule has 0 fully saturated rings. The standard InChI is InChI=1S/C16H13FN4O2/c1-10-3-2-4-13(19-10)16-20-14(21-23-16)15(22)18-9-11-5-7-12(17)8-6-11/h2-8H,9H2,1H3,(H,18,22). The fourth-order valence-electron chi connectivity index (χ4n) is 1.95. The molecule has 2 aromatic heterocycles. The zero-order valence-electron chi connectivity index (χ0n) is 12.3. The third-order valence-corrected chi connectivity index (χ3v) is 3.10. The normalized spacial score (nSPS) is 10.5. The Kier molecular flexibility index (Phi) is 4.09. The molecule has 2 heterocycles. The number of nitrogens with zero attached hydrogens (tertiary/aromatic N) is 3. The Morgan fingerprint density at radius 2 is 1.96 bits per heavy atom. The van der Waals surface area contributed by atoms with E-state index in [1.165, 1.54) is 12.1 Å². The maximum atomic E-state index is 12.8. The topological polar surface area (TPSA) is 80.9 Å². The second-order valence-corrected chi connectivity index (χ2v) is 4.90. The van der Waals surface area contributed by atoms with Gasteiger partial charge in [-0.05, 0) is 36.8 Å². The van der Waals surface area contributed by atoms with E-state index >= 15 is 0 Å². The van der Waals surface area contributed by atoms with Crippen molar-refractivity contribution in [3.8, 4) is 11.6 Å². The molecule has 7 heteroatoms. The highest BCUT2D eigenvalue weighted by Gasteiger charge is 2.16. The summed E-state index contributed by atoms with van der Waals surface area (Å²) in [6, 6.07) is 11.2. The minimum Gasteiger partial charge on any atom is -0.345 e. The largest absolute Gasteiger partial charge is 0.345 e. The Labute approximate surface area is 131 Å². The maximum absolute atomic E-state index is 12.8. The summed E-state index contributed by atoms with van der Waals surface area (Å²) >= 11 is 0. The number of aryl methyl sites for hydroxylation is 1. The molecular weight excluding hydrogens is 299 g/mol. The van der Waals surface area contributed by atoms with Crippen LogP contribution in [0, 0.1) is 12.7 Å². The van der Waals surface area contributed by atoms with Crippen LogP contribution in [-0.4, -0.2) is 21.0 Å². The van der Waals surface area contributed by atoms with Gasteiger partial charge in [0, 0.05) is 12.2 Å². The zero-order chi connectivity index (χ0) is 16.2. The number of hydrogen-bond donors (Lipinski definition) is 1. The first-order chi connectivity index (χ1) is 11.1. The lowest BCUT2D eigenvalue weighted by Gasteiger charge is -2.02. The average Bonchev–Trinajstić information content (AvgIpc) is 3.04. The quantitative estimate of drug-likeness (QED) is 0.800. The highest BCUT2D eigenvalue weighted by Crippen LogP contribution is 2.14. The third kappa shape index (κ3) is 3.57. The second kappa shape index (κ2) is 6.35. The van der Waals surface area contributed by atoms with Crippen molar-refractivity contribution in [3.63, 3.8) is 0 Å². The summed E-state index contributed by atoms with van der Waals surface area (Å²) in [6.45, 7) is 2.09. The summed E-state index contributed by atoms with van der Waals surface area (Å²) in [5.41, 5.74) is 2.09. The van der Waals surface area contributed by atoms with E-state index in [9.17, 15) is 9.18 Å². The van der Waals surface area contributed by atoms with E-state index in [4.69, 9.17) is 4.52 Å². The van der Waals surface area contributed by atoms with Crippen LogP contribution in [-0.2, 0) is 6.54 Å². The van der Waals surface area contributed by atoms with E-state index in [2.05, 4.69) is 20.4 Å². The van der Waals surface area contributed by atoms with Gasteiger partial charge in [-0.1, -0.05) is 23.4 Å². The van der Waals surface area contributed by atoms with Gasteiger partial charge in [0.1, 0.15) is 11.5 Å². The van der Waals surface area contributed by atoms with Gasteiger partial charge in [0.15, 0.2) is 0 Å². The number of halogens is 1. The summed E-state index contributed by atoms with van der Waals surface area (Å²) < 4.78 is 17.9. The van der Waals surface area contributed by atoms with E-state index in [0.717, 1.165) is 11.3 Å². The molecule has 0 saturated heterocycles. The van der Waals surface area contributed by atoms with Crippen LogP contribution in [0.2, 0.25) is 0 Å². The predicted molar refractivity (Wildman–Crippen MR) is 79.8 cm³/mol. The maximum Gasteiger partial charge on any atom is 0.292 e. The minimum absolute atomic E-state index is 0.0783. The van der Waals surface area contributed by atoms with Gasteiger partial charge in [-0.25, -0.2) is 9.37 Å². The van der Waals surface area contributed by atoms with Crippen molar-refractivity contribution in [2.24, 2.45) is 0 Å². The van der Waals surface area contributed by atoms with Gasteiger partial charge < -0.3 is 9.84 Å². The molecule has 116 valence electrons. The first-order valence-corrected chi connectivity index (χ1v) is 6.92. The van der Waals surface area contributed by atoms with E-state index < -0.39 is 5.91 Å². The monoisotopic (exact) mass is 312 g/mol. The molecular formula is C16H13FN4O2. The lowest BCUT2D eigenvalue weighted by atomic mass is 10.2. The molecule has 0 spiro atoms. The fraction of sp³-hybridized carbons (Fsp3) is 0.125. The first-order valence-electron chi connectivity index (χ1n) is 6.92. The smallest absolute Gasteiger partial charge is 0.292 e. The molecule has 0 atom stereocenters. The van der Waals surface area contributed by atoms with Crippen molar-refractivity contribution in [1.29, 1.82) is 0 Å². The molecule has 0 unspecified atom stereocenters.